The number of hydrogen-bond acceptors (Lipinski definition) is 3. The summed E-state index contributed by atoms with van der Waals surface area (Å²) in [4.78, 5) is 12.3. The van der Waals surface area contributed by atoms with E-state index in [1.54, 1.807) is 6.20 Å². The lowest BCUT2D eigenvalue weighted by molar-refractivity contribution is -0.117. The van der Waals surface area contributed by atoms with E-state index in [1.807, 2.05) is 30.3 Å². The maximum absolute atomic E-state index is 12.3. The molecule has 1 aromatic carbocycles. The quantitative estimate of drug-likeness (QED) is 0.775. The van der Waals surface area contributed by atoms with Gasteiger partial charge in [-0.15, -0.1) is 12.4 Å². The number of nitrogens with one attached hydrogen (secondary N) is 3. The first-order chi connectivity index (χ1) is 11.2. The lowest BCUT2D eigenvalue weighted by Crippen LogP contribution is -2.34. The lowest BCUT2D eigenvalue weighted by Gasteiger charge is -2.28. The molecule has 0 saturated carbocycles. The minimum atomic E-state index is 0. The molecule has 1 fully saturated rings. The third-order valence-corrected chi connectivity index (χ3v) is 4.61. The average Bonchev–Trinajstić information content (AvgIpc) is 3.10. The van der Waals surface area contributed by atoms with Crippen LogP contribution in [0.25, 0.3) is 11.3 Å². The molecule has 2 atom stereocenters. The Kier molecular flexibility index (Phi) is 6.82. The van der Waals surface area contributed by atoms with E-state index in [0.29, 0.717) is 18.3 Å². The van der Waals surface area contributed by atoms with Gasteiger partial charge in [-0.05, 0) is 56.0 Å². The van der Waals surface area contributed by atoms with E-state index < -0.39 is 0 Å². The van der Waals surface area contributed by atoms with E-state index in [4.69, 9.17) is 0 Å². The van der Waals surface area contributed by atoms with Crippen LogP contribution in [-0.4, -0.2) is 29.2 Å². The summed E-state index contributed by atoms with van der Waals surface area (Å²) >= 11 is 0. The van der Waals surface area contributed by atoms with Crippen LogP contribution in [0.5, 0.6) is 0 Å². The van der Waals surface area contributed by atoms with Crippen LogP contribution >= 0.6 is 12.4 Å². The van der Waals surface area contributed by atoms with Crippen molar-refractivity contribution >= 4 is 24.0 Å². The summed E-state index contributed by atoms with van der Waals surface area (Å²) in [6, 6.07) is 9.75. The first kappa shape index (κ1) is 18.5. The van der Waals surface area contributed by atoms with Crippen molar-refractivity contribution in [2.45, 2.75) is 26.2 Å². The van der Waals surface area contributed by atoms with Gasteiger partial charge in [-0.2, -0.15) is 5.10 Å². The monoisotopic (exact) mass is 348 g/mol. The van der Waals surface area contributed by atoms with Crippen molar-refractivity contribution in [3.8, 4) is 11.3 Å². The predicted octanol–water partition coefficient (Wildman–Crippen LogP) is 3.46. The highest BCUT2D eigenvalue weighted by Crippen LogP contribution is 2.24. The SMILES string of the molecule is CC(CC(=O)Nc1cccc(-c2ccn[nH]2)c1)C1CCCNC1.Cl. The highest BCUT2D eigenvalue weighted by molar-refractivity contribution is 5.91. The van der Waals surface area contributed by atoms with Gasteiger partial charge in [0.2, 0.25) is 5.91 Å². The molecule has 0 spiro atoms. The normalized spacial score (nSPS) is 18.5. The molecule has 1 saturated heterocycles. The summed E-state index contributed by atoms with van der Waals surface area (Å²) in [6.45, 7) is 4.32. The number of amides is 1. The first-order valence-electron chi connectivity index (χ1n) is 8.33. The molecule has 0 aliphatic carbocycles. The van der Waals surface area contributed by atoms with Gasteiger partial charge < -0.3 is 10.6 Å². The molecule has 1 amide bonds. The van der Waals surface area contributed by atoms with Crippen molar-refractivity contribution in [3.63, 3.8) is 0 Å². The maximum Gasteiger partial charge on any atom is 0.224 e. The Morgan fingerprint density at radius 3 is 3.00 bits per heavy atom. The van der Waals surface area contributed by atoms with Crippen LogP contribution in [0.4, 0.5) is 5.69 Å². The van der Waals surface area contributed by atoms with Gasteiger partial charge in [0.1, 0.15) is 0 Å². The number of carbonyl (C=O) groups is 1. The van der Waals surface area contributed by atoms with Crippen molar-refractivity contribution in [2.24, 2.45) is 11.8 Å². The second-order valence-electron chi connectivity index (χ2n) is 6.39. The fourth-order valence-electron chi connectivity index (χ4n) is 3.22. The summed E-state index contributed by atoms with van der Waals surface area (Å²) in [5, 5.41) is 13.3. The summed E-state index contributed by atoms with van der Waals surface area (Å²) in [5.74, 6) is 1.09. The summed E-state index contributed by atoms with van der Waals surface area (Å²) in [7, 11) is 0. The van der Waals surface area contributed by atoms with E-state index >= 15 is 0 Å². The molecule has 0 bridgehead atoms. The number of halogens is 1. The van der Waals surface area contributed by atoms with Crippen molar-refractivity contribution < 1.29 is 4.79 Å². The van der Waals surface area contributed by atoms with E-state index in [2.05, 4.69) is 27.8 Å². The number of rotatable bonds is 5. The molecule has 1 aromatic heterocycles. The number of aromatic amines is 1. The fourth-order valence-corrected chi connectivity index (χ4v) is 3.22. The van der Waals surface area contributed by atoms with Gasteiger partial charge >= 0.3 is 0 Å². The summed E-state index contributed by atoms with van der Waals surface area (Å²) in [6.07, 6.45) is 4.72. The van der Waals surface area contributed by atoms with E-state index in [-0.39, 0.29) is 18.3 Å². The van der Waals surface area contributed by atoms with Gasteiger partial charge in [-0.1, -0.05) is 19.1 Å². The van der Waals surface area contributed by atoms with Gasteiger partial charge in [0.25, 0.3) is 0 Å². The van der Waals surface area contributed by atoms with Crippen LogP contribution in [0, 0.1) is 11.8 Å². The van der Waals surface area contributed by atoms with Crippen LogP contribution < -0.4 is 10.6 Å². The topological polar surface area (TPSA) is 69.8 Å². The molecule has 5 nitrogen and oxygen atoms in total. The maximum atomic E-state index is 12.3. The fraction of sp³-hybridized carbons (Fsp3) is 0.444. The molecule has 0 radical (unpaired) electrons. The molecule has 2 heterocycles. The molecule has 24 heavy (non-hydrogen) atoms. The Morgan fingerprint density at radius 1 is 1.42 bits per heavy atom. The van der Waals surface area contributed by atoms with Crippen molar-refractivity contribution in [1.82, 2.24) is 15.5 Å². The third-order valence-electron chi connectivity index (χ3n) is 4.61. The highest BCUT2D eigenvalue weighted by Gasteiger charge is 2.22. The predicted molar refractivity (Wildman–Crippen MR) is 99.3 cm³/mol. The minimum Gasteiger partial charge on any atom is -0.326 e. The molecule has 3 rings (SSSR count). The van der Waals surface area contributed by atoms with Crippen LogP contribution in [0.15, 0.2) is 36.5 Å². The molecular formula is C18H25ClN4O. The molecule has 2 aromatic rings. The van der Waals surface area contributed by atoms with Crippen LogP contribution in [-0.2, 0) is 4.79 Å². The Hall–Kier alpha value is -1.85. The van der Waals surface area contributed by atoms with Gasteiger partial charge in [0.15, 0.2) is 0 Å². The van der Waals surface area contributed by atoms with Gasteiger partial charge in [0, 0.05) is 23.9 Å². The zero-order chi connectivity index (χ0) is 16.1. The summed E-state index contributed by atoms with van der Waals surface area (Å²) in [5.41, 5.74) is 2.80. The molecule has 1 aliphatic rings. The molecule has 130 valence electrons. The number of aromatic nitrogens is 2. The third kappa shape index (κ3) is 4.82. The van der Waals surface area contributed by atoms with Gasteiger partial charge in [-0.25, -0.2) is 0 Å². The highest BCUT2D eigenvalue weighted by atomic mass is 35.5. The second kappa shape index (κ2) is 8.85. The number of hydrogen-bond donors (Lipinski definition) is 3. The number of nitrogens with zero attached hydrogens (tertiary/aromatic N) is 1. The molecule has 2 unspecified atom stereocenters. The largest absolute Gasteiger partial charge is 0.326 e. The average molecular weight is 349 g/mol. The molecule has 6 heteroatoms. The lowest BCUT2D eigenvalue weighted by atomic mass is 9.85. The van der Waals surface area contributed by atoms with E-state index in [0.717, 1.165) is 30.0 Å². The zero-order valence-corrected chi connectivity index (χ0v) is 14.7. The van der Waals surface area contributed by atoms with Crippen molar-refractivity contribution in [3.05, 3.63) is 36.5 Å². The first-order valence-corrected chi connectivity index (χ1v) is 8.33. The smallest absolute Gasteiger partial charge is 0.224 e. The molecule has 1 aliphatic heterocycles. The number of H-pyrrole nitrogens is 1. The second-order valence-corrected chi connectivity index (χ2v) is 6.39. The van der Waals surface area contributed by atoms with E-state index in [9.17, 15) is 4.79 Å². The molecule has 3 N–H and O–H groups in total. The Bertz CT molecular complexity index is 638. The van der Waals surface area contributed by atoms with Crippen LogP contribution in [0.3, 0.4) is 0 Å². The van der Waals surface area contributed by atoms with Gasteiger partial charge in [0.05, 0.1) is 5.69 Å². The standard InChI is InChI=1S/C18H24N4O.ClH/c1-13(15-5-3-8-19-12-15)10-18(23)21-16-6-2-4-14(11-16)17-7-9-20-22-17;/h2,4,6-7,9,11,13,15,19H,3,5,8,10,12H2,1H3,(H,20,22)(H,21,23);1H. The van der Waals surface area contributed by atoms with E-state index in [1.165, 1.54) is 12.8 Å². The van der Waals surface area contributed by atoms with Crippen molar-refractivity contribution in [2.75, 3.05) is 18.4 Å². The Labute approximate surface area is 149 Å². The number of benzene rings is 1. The minimum absolute atomic E-state index is 0. The Balaban J connectivity index is 0.00000208. The van der Waals surface area contributed by atoms with Crippen LogP contribution in [0.1, 0.15) is 26.2 Å². The Morgan fingerprint density at radius 2 is 2.29 bits per heavy atom. The van der Waals surface area contributed by atoms with Gasteiger partial charge in [-0.3, -0.25) is 9.89 Å². The van der Waals surface area contributed by atoms with Crippen LogP contribution in [0.2, 0.25) is 0 Å². The number of anilines is 1. The summed E-state index contributed by atoms with van der Waals surface area (Å²) < 4.78 is 0. The number of piperidine rings is 1. The zero-order valence-electron chi connectivity index (χ0n) is 13.9. The molecular weight excluding hydrogens is 324 g/mol. The van der Waals surface area contributed by atoms with Crippen molar-refractivity contribution in [1.29, 1.82) is 0 Å². The number of carbonyl (C=O) groups excluding carboxylic acids is 1.